The molecule has 0 aliphatic heterocycles. The topological polar surface area (TPSA) is 55.2 Å². The van der Waals surface area contributed by atoms with Crippen LogP contribution in [0.25, 0.3) is 0 Å². The van der Waals surface area contributed by atoms with Crippen molar-refractivity contribution >= 4 is 0 Å². The van der Waals surface area contributed by atoms with Crippen molar-refractivity contribution in [3.05, 3.63) is 23.3 Å². The molecule has 1 atom stereocenters. The van der Waals surface area contributed by atoms with Crippen LogP contribution >= 0.6 is 0 Å². The van der Waals surface area contributed by atoms with Gasteiger partial charge in [0.2, 0.25) is 0 Å². The largest absolute Gasteiger partial charge is 0.389 e. The molecule has 1 aromatic rings. The van der Waals surface area contributed by atoms with E-state index in [1.165, 1.54) is 0 Å². The van der Waals surface area contributed by atoms with Crippen LogP contribution in [0.2, 0.25) is 0 Å². The van der Waals surface area contributed by atoms with Crippen LogP contribution in [0, 0.1) is 6.92 Å². The second-order valence-corrected chi connectivity index (χ2v) is 4.32. The number of aryl methyl sites for hydroxylation is 1. The van der Waals surface area contributed by atoms with E-state index < -0.39 is 11.7 Å². The molecule has 1 rings (SSSR count). The molecule has 0 amide bonds. The summed E-state index contributed by atoms with van der Waals surface area (Å²) in [6, 6.07) is 0. The maximum atomic E-state index is 9.56. The van der Waals surface area contributed by atoms with Gasteiger partial charge in [-0.25, -0.2) is 9.97 Å². The van der Waals surface area contributed by atoms with E-state index in [9.17, 15) is 5.11 Å². The van der Waals surface area contributed by atoms with E-state index in [2.05, 4.69) is 23.8 Å². The third kappa shape index (κ3) is 2.64. The quantitative estimate of drug-likeness (QED) is 0.856. The summed E-state index contributed by atoms with van der Waals surface area (Å²) in [5.41, 5.74) is 1.17. The number of hydrogen-bond donors (Lipinski definition) is 1. The van der Waals surface area contributed by atoms with Crippen LogP contribution in [0.1, 0.15) is 56.8 Å². The fourth-order valence-corrected chi connectivity index (χ4v) is 2.05. The van der Waals surface area contributed by atoms with E-state index in [1.54, 1.807) is 20.2 Å². The molecule has 4 heteroatoms. The molecule has 0 bridgehead atoms. The molecule has 0 saturated carbocycles. The first-order chi connectivity index (χ1) is 8.00. The van der Waals surface area contributed by atoms with E-state index in [-0.39, 0.29) is 0 Å². The minimum absolute atomic E-state index is 0.415. The minimum atomic E-state index is -0.538. The summed E-state index contributed by atoms with van der Waals surface area (Å²) in [4.78, 5) is 8.83. The SMILES string of the molecule is CCC(CC)(OC)c1ncc([C@@H](C)O)c(C)n1. The summed E-state index contributed by atoms with van der Waals surface area (Å²) in [6.07, 6.45) is 2.81. The van der Waals surface area contributed by atoms with Crippen molar-refractivity contribution in [3.63, 3.8) is 0 Å². The number of ether oxygens (including phenoxy) is 1. The van der Waals surface area contributed by atoms with Crippen molar-refractivity contribution in [2.45, 2.75) is 52.2 Å². The average molecular weight is 238 g/mol. The molecule has 1 N–H and O–H groups in total. The highest BCUT2D eigenvalue weighted by Crippen LogP contribution is 2.30. The molecule has 0 spiro atoms. The molecule has 96 valence electrons. The highest BCUT2D eigenvalue weighted by atomic mass is 16.5. The van der Waals surface area contributed by atoms with E-state index in [1.807, 2.05) is 6.92 Å². The molecular weight excluding hydrogens is 216 g/mol. The Balaban J connectivity index is 3.20. The van der Waals surface area contributed by atoms with Crippen LogP contribution in [-0.4, -0.2) is 22.2 Å². The van der Waals surface area contributed by atoms with Gasteiger partial charge in [-0.1, -0.05) is 13.8 Å². The Hall–Kier alpha value is -1.00. The zero-order chi connectivity index (χ0) is 13.1. The molecule has 0 aliphatic carbocycles. The minimum Gasteiger partial charge on any atom is -0.389 e. The molecule has 0 saturated heterocycles. The third-order valence-electron chi connectivity index (χ3n) is 3.41. The smallest absolute Gasteiger partial charge is 0.160 e. The van der Waals surface area contributed by atoms with Gasteiger partial charge in [0, 0.05) is 24.6 Å². The van der Waals surface area contributed by atoms with Crippen molar-refractivity contribution in [1.82, 2.24) is 9.97 Å². The van der Waals surface area contributed by atoms with Gasteiger partial charge in [-0.05, 0) is 26.7 Å². The Morgan fingerprint density at radius 1 is 1.41 bits per heavy atom. The van der Waals surface area contributed by atoms with Gasteiger partial charge in [0.15, 0.2) is 5.82 Å². The Morgan fingerprint density at radius 2 is 2.00 bits per heavy atom. The molecule has 0 unspecified atom stereocenters. The van der Waals surface area contributed by atoms with E-state index in [0.717, 1.165) is 24.1 Å². The Labute approximate surface area is 103 Å². The van der Waals surface area contributed by atoms with Crippen LogP contribution in [-0.2, 0) is 10.3 Å². The molecule has 0 aromatic carbocycles. The predicted octanol–water partition coefficient (Wildman–Crippen LogP) is 2.50. The number of methoxy groups -OCH3 is 1. The first-order valence-electron chi connectivity index (χ1n) is 6.08. The Bertz CT molecular complexity index is 365. The van der Waals surface area contributed by atoms with Crippen LogP contribution in [0.15, 0.2) is 6.20 Å². The van der Waals surface area contributed by atoms with Gasteiger partial charge in [-0.3, -0.25) is 0 Å². The number of nitrogens with zero attached hydrogens (tertiary/aromatic N) is 2. The molecule has 17 heavy (non-hydrogen) atoms. The van der Waals surface area contributed by atoms with Gasteiger partial charge in [0.05, 0.1) is 6.10 Å². The summed E-state index contributed by atoms with van der Waals surface area (Å²) in [5.74, 6) is 0.701. The standard InChI is InChI=1S/C13H22N2O2/c1-6-13(7-2,17-5)12-14-8-11(10(4)16)9(3)15-12/h8,10,16H,6-7H2,1-5H3/t10-/m1/s1. The fourth-order valence-electron chi connectivity index (χ4n) is 2.05. The van der Waals surface area contributed by atoms with E-state index >= 15 is 0 Å². The lowest BCUT2D eigenvalue weighted by molar-refractivity contribution is -0.0294. The van der Waals surface area contributed by atoms with Gasteiger partial charge in [-0.15, -0.1) is 0 Å². The lowest BCUT2D eigenvalue weighted by Crippen LogP contribution is -2.30. The van der Waals surface area contributed by atoms with Crippen molar-refractivity contribution in [3.8, 4) is 0 Å². The molecule has 1 aromatic heterocycles. The van der Waals surface area contributed by atoms with Gasteiger partial charge in [0.25, 0.3) is 0 Å². The summed E-state index contributed by atoms with van der Waals surface area (Å²) >= 11 is 0. The molecule has 4 nitrogen and oxygen atoms in total. The number of aliphatic hydroxyl groups is 1. The lowest BCUT2D eigenvalue weighted by atomic mass is 9.95. The number of hydrogen-bond acceptors (Lipinski definition) is 4. The number of aromatic nitrogens is 2. The van der Waals surface area contributed by atoms with Crippen molar-refractivity contribution < 1.29 is 9.84 Å². The van der Waals surface area contributed by atoms with Gasteiger partial charge in [0.1, 0.15) is 5.60 Å². The fraction of sp³-hybridized carbons (Fsp3) is 0.692. The second-order valence-electron chi connectivity index (χ2n) is 4.32. The van der Waals surface area contributed by atoms with Crippen molar-refractivity contribution in [2.75, 3.05) is 7.11 Å². The summed E-state index contributed by atoms with van der Waals surface area (Å²) in [6.45, 7) is 7.73. The maximum Gasteiger partial charge on any atom is 0.160 e. The zero-order valence-electron chi connectivity index (χ0n) is 11.3. The predicted molar refractivity (Wildman–Crippen MR) is 66.7 cm³/mol. The van der Waals surface area contributed by atoms with E-state index in [0.29, 0.717) is 5.82 Å². The molecule has 0 aliphatic rings. The van der Waals surface area contributed by atoms with Crippen LogP contribution in [0.4, 0.5) is 0 Å². The lowest BCUT2D eigenvalue weighted by Gasteiger charge is -2.28. The molecule has 0 radical (unpaired) electrons. The second kappa shape index (κ2) is 5.56. The Kier molecular flexibility index (Phi) is 4.60. The van der Waals surface area contributed by atoms with Crippen LogP contribution < -0.4 is 0 Å². The van der Waals surface area contributed by atoms with Crippen LogP contribution in [0.3, 0.4) is 0 Å². The monoisotopic (exact) mass is 238 g/mol. The first-order valence-corrected chi connectivity index (χ1v) is 6.08. The summed E-state index contributed by atoms with van der Waals surface area (Å²) in [5, 5.41) is 9.56. The van der Waals surface area contributed by atoms with Gasteiger partial charge < -0.3 is 9.84 Å². The van der Waals surface area contributed by atoms with Crippen LogP contribution in [0.5, 0.6) is 0 Å². The Morgan fingerprint density at radius 3 is 2.35 bits per heavy atom. The van der Waals surface area contributed by atoms with Gasteiger partial charge >= 0.3 is 0 Å². The highest BCUT2D eigenvalue weighted by molar-refractivity contribution is 5.20. The average Bonchev–Trinajstić information content (AvgIpc) is 2.32. The molecule has 1 heterocycles. The highest BCUT2D eigenvalue weighted by Gasteiger charge is 2.31. The summed E-state index contributed by atoms with van der Waals surface area (Å²) < 4.78 is 5.59. The number of rotatable bonds is 5. The van der Waals surface area contributed by atoms with Crippen molar-refractivity contribution in [2.24, 2.45) is 0 Å². The molecule has 0 fully saturated rings. The number of aliphatic hydroxyl groups excluding tert-OH is 1. The first kappa shape index (κ1) is 14.1. The maximum absolute atomic E-state index is 9.56. The van der Waals surface area contributed by atoms with Gasteiger partial charge in [-0.2, -0.15) is 0 Å². The zero-order valence-corrected chi connectivity index (χ0v) is 11.3. The van der Waals surface area contributed by atoms with E-state index in [4.69, 9.17) is 4.74 Å². The normalized spacial score (nSPS) is 13.8. The van der Waals surface area contributed by atoms with Crippen molar-refractivity contribution in [1.29, 1.82) is 0 Å². The molecular formula is C13H22N2O2. The summed E-state index contributed by atoms with van der Waals surface area (Å²) in [7, 11) is 1.69. The third-order valence-corrected chi connectivity index (χ3v) is 3.41.